The standard InChI is InChI=1S/C16H24Si.Co/c1-17(2,3)16-13-9-12-15(16)14-10-7-5-4-6-8-11-14;/h4-5,9,11,13H,6-8,10,12H2,1-3H3;. The smallest absolute Gasteiger partial charge is 0.0779 e. The first-order chi connectivity index (χ1) is 8.09. The third-order valence-electron chi connectivity index (χ3n) is 3.60. The maximum absolute atomic E-state index is 2.49. The van der Waals surface area contributed by atoms with Gasteiger partial charge < -0.3 is 0 Å². The Morgan fingerprint density at radius 1 is 0.944 bits per heavy atom. The molecule has 0 atom stereocenters. The van der Waals surface area contributed by atoms with Gasteiger partial charge in [-0.15, -0.1) is 0 Å². The molecule has 0 aromatic heterocycles. The molecule has 0 fully saturated rings. The van der Waals surface area contributed by atoms with E-state index < -0.39 is 8.07 Å². The average molecular weight is 303 g/mol. The summed E-state index contributed by atoms with van der Waals surface area (Å²) in [6, 6.07) is 0. The van der Waals surface area contributed by atoms with Crippen molar-refractivity contribution in [2.24, 2.45) is 0 Å². The first-order valence-corrected chi connectivity index (χ1v) is 10.3. The van der Waals surface area contributed by atoms with E-state index in [1.165, 1.54) is 32.1 Å². The maximum Gasteiger partial charge on any atom is 0.0779 e. The quantitative estimate of drug-likeness (QED) is 0.487. The van der Waals surface area contributed by atoms with Crippen LogP contribution in [0.25, 0.3) is 0 Å². The van der Waals surface area contributed by atoms with Crippen LogP contribution in [0.1, 0.15) is 32.1 Å². The van der Waals surface area contributed by atoms with E-state index in [1.54, 1.807) is 16.3 Å². The molecule has 18 heavy (non-hydrogen) atoms. The molecule has 1 radical (unpaired) electrons. The first kappa shape index (κ1) is 15.7. The van der Waals surface area contributed by atoms with Crippen LogP contribution in [-0.4, -0.2) is 8.07 Å². The number of hydrogen-bond acceptors (Lipinski definition) is 0. The topological polar surface area (TPSA) is 0 Å². The van der Waals surface area contributed by atoms with Gasteiger partial charge >= 0.3 is 0 Å². The summed E-state index contributed by atoms with van der Waals surface area (Å²) in [5, 5.41) is 1.69. The largest absolute Gasteiger partial charge is 0.0882 e. The molecule has 0 amide bonds. The van der Waals surface area contributed by atoms with Crippen LogP contribution in [0.5, 0.6) is 0 Å². The Kier molecular flexibility index (Phi) is 5.89. The molecule has 0 saturated heterocycles. The van der Waals surface area contributed by atoms with Crippen molar-refractivity contribution >= 4 is 8.07 Å². The predicted octanol–water partition coefficient (Wildman–Crippen LogP) is 5.17. The summed E-state index contributed by atoms with van der Waals surface area (Å²) in [6.07, 6.45) is 18.0. The van der Waals surface area contributed by atoms with Crippen molar-refractivity contribution in [3.63, 3.8) is 0 Å². The van der Waals surface area contributed by atoms with Crippen molar-refractivity contribution in [2.45, 2.75) is 51.7 Å². The molecule has 0 nitrogen and oxygen atoms in total. The fraction of sp³-hybridized carbons (Fsp3) is 0.500. The zero-order valence-corrected chi connectivity index (χ0v) is 13.8. The van der Waals surface area contributed by atoms with Gasteiger partial charge in [0.15, 0.2) is 0 Å². The summed E-state index contributed by atoms with van der Waals surface area (Å²) in [5.74, 6) is 0. The maximum atomic E-state index is 2.49. The van der Waals surface area contributed by atoms with Crippen molar-refractivity contribution in [2.75, 3.05) is 0 Å². The molecule has 101 valence electrons. The van der Waals surface area contributed by atoms with Gasteiger partial charge in [0.25, 0.3) is 0 Å². The number of rotatable bonds is 2. The Morgan fingerprint density at radius 3 is 2.39 bits per heavy atom. The minimum atomic E-state index is -1.17. The molecule has 0 bridgehead atoms. The summed E-state index contributed by atoms with van der Waals surface area (Å²) in [5.41, 5.74) is 3.30. The van der Waals surface area contributed by atoms with E-state index in [0.717, 1.165) is 0 Å². The van der Waals surface area contributed by atoms with Gasteiger partial charge in [-0.3, -0.25) is 0 Å². The minimum Gasteiger partial charge on any atom is -0.0882 e. The number of allylic oxidation sites excluding steroid dienone is 8. The SMILES string of the molecule is C[Si](C)(C)C1=C(C2=CCCC=CCC2)CC=C1.[Co]. The van der Waals surface area contributed by atoms with E-state index in [9.17, 15) is 0 Å². The van der Waals surface area contributed by atoms with Crippen LogP contribution in [0.4, 0.5) is 0 Å². The van der Waals surface area contributed by atoms with E-state index in [-0.39, 0.29) is 16.8 Å². The summed E-state index contributed by atoms with van der Waals surface area (Å²) >= 11 is 0. The van der Waals surface area contributed by atoms with Crippen LogP contribution < -0.4 is 0 Å². The Balaban J connectivity index is 0.00000162. The van der Waals surface area contributed by atoms with Crippen LogP contribution in [0, 0.1) is 0 Å². The zero-order valence-electron chi connectivity index (χ0n) is 11.8. The van der Waals surface area contributed by atoms with Crippen molar-refractivity contribution in [3.8, 4) is 0 Å². The molecule has 2 rings (SSSR count). The molecule has 0 aromatic carbocycles. The fourth-order valence-electron chi connectivity index (χ4n) is 2.72. The summed E-state index contributed by atoms with van der Waals surface area (Å²) in [4.78, 5) is 0. The third kappa shape index (κ3) is 3.84. The number of hydrogen-bond donors (Lipinski definition) is 0. The van der Waals surface area contributed by atoms with Crippen molar-refractivity contribution in [1.29, 1.82) is 0 Å². The Bertz CT molecular complexity index is 405. The van der Waals surface area contributed by atoms with Gasteiger partial charge in [-0.25, -0.2) is 0 Å². The molecule has 0 heterocycles. The minimum absolute atomic E-state index is 0. The van der Waals surface area contributed by atoms with Crippen molar-refractivity contribution in [1.82, 2.24) is 0 Å². The third-order valence-corrected chi connectivity index (χ3v) is 5.68. The normalized spacial score (nSPS) is 20.3. The van der Waals surface area contributed by atoms with Crippen LogP contribution in [0.2, 0.25) is 19.6 Å². The van der Waals surface area contributed by atoms with E-state index in [2.05, 4.69) is 50.0 Å². The van der Waals surface area contributed by atoms with E-state index in [1.807, 2.05) is 0 Å². The monoisotopic (exact) mass is 303 g/mol. The van der Waals surface area contributed by atoms with Gasteiger partial charge in [0.2, 0.25) is 0 Å². The average Bonchev–Trinajstić information content (AvgIpc) is 2.64. The second-order valence-electron chi connectivity index (χ2n) is 6.07. The predicted molar refractivity (Wildman–Crippen MR) is 79.8 cm³/mol. The van der Waals surface area contributed by atoms with Gasteiger partial charge in [0.1, 0.15) is 0 Å². The van der Waals surface area contributed by atoms with E-state index >= 15 is 0 Å². The molecule has 0 N–H and O–H groups in total. The first-order valence-electron chi connectivity index (χ1n) is 6.83. The van der Waals surface area contributed by atoms with Crippen LogP contribution >= 0.6 is 0 Å². The Labute approximate surface area is 123 Å². The molecular formula is C16H24CoSi. The molecule has 2 aliphatic rings. The van der Waals surface area contributed by atoms with Gasteiger partial charge in [0, 0.05) is 16.8 Å². The second kappa shape index (κ2) is 6.74. The van der Waals surface area contributed by atoms with Gasteiger partial charge in [-0.2, -0.15) is 0 Å². The molecular weight excluding hydrogens is 279 g/mol. The second-order valence-corrected chi connectivity index (χ2v) is 11.1. The Hall–Kier alpha value is -0.317. The summed E-state index contributed by atoms with van der Waals surface area (Å²) in [7, 11) is -1.17. The molecule has 0 aliphatic heterocycles. The molecule has 0 aromatic rings. The van der Waals surface area contributed by atoms with E-state index in [0.29, 0.717) is 0 Å². The molecule has 0 unspecified atom stereocenters. The fourth-order valence-corrected chi connectivity index (χ4v) is 4.50. The molecule has 0 saturated carbocycles. The van der Waals surface area contributed by atoms with Gasteiger partial charge in [-0.05, 0) is 43.3 Å². The molecule has 2 aliphatic carbocycles. The van der Waals surface area contributed by atoms with Crippen molar-refractivity contribution < 1.29 is 16.8 Å². The van der Waals surface area contributed by atoms with Gasteiger partial charge in [0.05, 0.1) is 8.07 Å². The van der Waals surface area contributed by atoms with Crippen LogP contribution in [-0.2, 0) is 16.8 Å². The molecule has 2 heteroatoms. The van der Waals surface area contributed by atoms with Crippen LogP contribution in [0.3, 0.4) is 0 Å². The van der Waals surface area contributed by atoms with Crippen molar-refractivity contribution in [3.05, 3.63) is 46.7 Å². The zero-order chi connectivity index (χ0) is 12.3. The van der Waals surface area contributed by atoms with Crippen LogP contribution in [0.15, 0.2) is 46.7 Å². The Morgan fingerprint density at radius 2 is 1.67 bits per heavy atom. The molecule has 0 spiro atoms. The summed E-state index contributed by atoms with van der Waals surface area (Å²) in [6.45, 7) is 7.38. The van der Waals surface area contributed by atoms with E-state index in [4.69, 9.17) is 0 Å². The van der Waals surface area contributed by atoms with Gasteiger partial charge in [-0.1, -0.05) is 55.2 Å². The summed E-state index contributed by atoms with van der Waals surface area (Å²) < 4.78 is 0.